The number of esters is 2. The summed E-state index contributed by atoms with van der Waals surface area (Å²) >= 11 is 0. The molecule has 0 heterocycles. The number of methoxy groups -OCH3 is 2. The summed E-state index contributed by atoms with van der Waals surface area (Å²) < 4.78 is 68.3. The van der Waals surface area contributed by atoms with Crippen LogP contribution in [0.3, 0.4) is 0 Å². The Morgan fingerprint density at radius 1 is 0.405 bits per heavy atom. The third-order valence-corrected chi connectivity index (χ3v) is 5.47. The molecule has 0 saturated heterocycles. The molecule has 0 aliphatic carbocycles. The fourth-order valence-corrected chi connectivity index (χ4v) is 4.06. The van der Waals surface area contributed by atoms with Crippen molar-refractivity contribution in [3.8, 4) is 0 Å². The molecule has 0 amide bonds. The lowest BCUT2D eigenvalue weighted by atomic mass is 10.2. The predicted octanol–water partition coefficient (Wildman–Crippen LogP) is 3.83. The van der Waals surface area contributed by atoms with Gasteiger partial charge in [-0.3, -0.25) is 9.59 Å². The van der Waals surface area contributed by atoms with E-state index in [1.165, 1.54) is 14.2 Å². The molecule has 0 spiro atoms. The summed E-state index contributed by atoms with van der Waals surface area (Å²) in [5, 5.41) is 0. The third kappa shape index (κ3) is 10.6. The molecule has 0 aromatic rings. The molecule has 0 bridgehead atoms. The SMILES string of the molecule is CCOC(OC)(OCC)C(OCC)(OCC)OC(=O)CCCCC(=O)OC(OCC)(OCC)C(OC)(OCC)OCC. The van der Waals surface area contributed by atoms with Gasteiger partial charge in [-0.25, -0.2) is 0 Å². The van der Waals surface area contributed by atoms with Crippen LogP contribution in [0.5, 0.6) is 0 Å². The molecule has 0 aliphatic rings. The second-order valence-corrected chi connectivity index (χ2v) is 8.25. The largest absolute Gasteiger partial charge is 0.416 e. The van der Waals surface area contributed by atoms with Gasteiger partial charge in [0.05, 0.1) is 26.4 Å². The Kier molecular flexibility index (Phi) is 20.5. The number of rotatable bonds is 27. The van der Waals surface area contributed by atoms with Gasteiger partial charge in [-0.2, -0.15) is 0 Å². The molecule has 0 atom stereocenters. The fraction of sp³-hybridized carbons (Fsp3) is 0.929. The molecule has 42 heavy (non-hydrogen) atoms. The maximum Gasteiger partial charge on any atom is 0.416 e. The first-order chi connectivity index (χ1) is 20.1. The Morgan fingerprint density at radius 3 is 0.810 bits per heavy atom. The lowest BCUT2D eigenvalue weighted by molar-refractivity contribution is -0.546. The van der Waals surface area contributed by atoms with Crippen molar-refractivity contribution in [1.29, 1.82) is 0 Å². The maximum absolute atomic E-state index is 13.0. The minimum atomic E-state index is -2.14. The Balaban J connectivity index is 5.66. The van der Waals surface area contributed by atoms with Crippen LogP contribution in [0.2, 0.25) is 0 Å². The molecule has 14 heteroatoms. The lowest BCUT2D eigenvalue weighted by Crippen LogP contribution is -2.64. The van der Waals surface area contributed by atoms with Crippen LogP contribution < -0.4 is 0 Å². The maximum atomic E-state index is 13.0. The Morgan fingerprint density at radius 2 is 0.619 bits per heavy atom. The second kappa shape index (κ2) is 21.3. The molecular formula is C28H54O14. The monoisotopic (exact) mass is 614 g/mol. The van der Waals surface area contributed by atoms with Gasteiger partial charge in [0, 0.05) is 53.5 Å². The molecular weight excluding hydrogens is 560 g/mol. The molecule has 14 nitrogen and oxygen atoms in total. The Bertz CT molecular complexity index is 647. The van der Waals surface area contributed by atoms with Crippen molar-refractivity contribution in [2.75, 3.05) is 67.1 Å². The van der Waals surface area contributed by atoms with Gasteiger partial charge in [0.1, 0.15) is 0 Å². The second-order valence-electron chi connectivity index (χ2n) is 8.25. The van der Waals surface area contributed by atoms with Crippen LogP contribution in [0, 0.1) is 0 Å². The van der Waals surface area contributed by atoms with Crippen LogP contribution in [-0.2, 0) is 66.4 Å². The summed E-state index contributed by atoms with van der Waals surface area (Å²) in [7, 11) is 2.66. The molecule has 0 aliphatic heterocycles. The first-order valence-corrected chi connectivity index (χ1v) is 14.8. The van der Waals surface area contributed by atoms with Gasteiger partial charge in [0.2, 0.25) is 0 Å². The van der Waals surface area contributed by atoms with Crippen molar-refractivity contribution >= 4 is 11.9 Å². The molecule has 250 valence electrons. The van der Waals surface area contributed by atoms with Crippen molar-refractivity contribution in [1.82, 2.24) is 0 Å². The van der Waals surface area contributed by atoms with Gasteiger partial charge < -0.3 is 56.8 Å². The summed E-state index contributed by atoms with van der Waals surface area (Å²) in [4.78, 5) is 26.0. The van der Waals surface area contributed by atoms with Crippen molar-refractivity contribution in [3.63, 3.8) is 0 Å². The van der Waals surface area contributed by atoms with Gasteiger partial charge in [-0.05, 0) is 68.2 Å². The predicted molar refractivity (Wildman–Crippen MR) is 149 cm³/mol. The van der Waals surface area contributed by atoms with Gasteiger partial charge in [-0.1, -0.05) is 0 Å². The van der Waals surface area contributed by atoms with Crippen molar-refractivity contribution in [3.05, 3.63) is 0 Å². The average molecular weight is 615 g/mol. The highest BCUT2D eigenvalue weighted by atomic mass is 17.0. The van der Waals surface area contributed by atoms with Crippen molar-refractivity contribution in [2.24, 2.45) is 0 Å². The topological polar surface area (TPSA) is 145 Å². The highest BCUT2D eigenvalue weighted by Crippen LogP contribution is 2.37. The molecule has 0 N–H and O–H groups in total. The number of hydrogen-bond donors (Lipinski definition) is 0. The van der Waals surface area contributed by atoms with Crippen molar-refractivity contribution in [2.45, 2.75) is 105 Å². The van der Waals surface area contributed by atoms with Crippen LogP contribution in [0.1, 0.15) is 81.1 Å². The van der Waals surface area contributed by atoms with E-state index >= 15 is 0 Å². The zero-order valence-electron chi connectivity index (χ0n) is 27.2. The Hall–Kier alpha value is -1.46. The number of ether oxygens (including phenoxy) is 12. The van der Waals surface area contributed by atoms with Crippen LogP contribution in [0.25, 0.3) is 0 Å². The van der Waals surface area contributed by atoms with Crippen LogP contribution >= 0.6 is 0 Å². The van der Waals surface area contributed by atoms with E-state index in [9.17, 15) is 9.59 Å². The zero-order valence-corrected chi connectivity index (χ0v) is 27.2. The molecule has 0 rings (SSSR count). The number of unbranched alkanes of at least 4 members (excludes halogenated alkanes) is 1. The van der Waals surface area contributed by atoms with Crippen LogP contribution in [-0.4, -0.2) is 103 Å². The summed E-state index contributed by atoms with van der Waals surface area (Å²) in [5.74, 6) is -9.59. The van der Waals surface area contributed by atoms with E-state index in [1.54, 1.807) is 55.4 Å². The van der Waals surface area contributed by atoms with Gasteiger partial charge in [0.25, 0.3) is 0 Å². The summed E-state index contributed by atoms with van der Waals surface area (Å²) in [6.07, 6.45) is 0.340. The van der Waals surface area contributed by atoms with Gasteiger partial charge in [-0.15, -0.1) is 0 Å². The van der Waals surface area contributed by atoms with E-state index in [0.29, 0.717) is 0 Å². The normalized spacial score (nSPS) is 12.9. The molecule has 0 radical (unpaired) electrons. The minimum absolute atomic E-state index is 0.0881. The average Bonchev–Trinajstić information content (AvgIpc) is 2.95. The van der Waals surface area contributed by atoms with E-state index in [2.05, 4.69) is 0 Å². The molecule has 0 saturated carbocycles. The first kappa shape index (κ1) is 40.5. The van der Waals surface area contributed by atoms with E-state index in [4.69, 9.17) is 56.8 Å². The number of carbonyl (C=O) groups is 2. The van der Waals surface area contributed by atoms with Gasteiger partial charge >= 0.3 is 35.8 Å². The Labute approximate surface area is 250 Å². The summed E-state index contributed by atoms with van der Waals surface area (Å²) in [6.45, 7) is 14.7. The lowest BCUT2D eigenvalue weighted by Gasteiger charge is -2.44. The number of carbonyl (C=O) groups excluding carboxylic acids is 2. The van der Waals surface area contributed by atoms with Crippen LogP contribution in [0.4, 0.5) is 0 Å². The highest BCUT2D eigenvalue weighted by molar-refractivity contribution is 5.71. The molecule has 0 aromatic carbocycles. The minimum Gasteiger partial charge on any atom is -0.401 e. The quantitative estimate of drug-likeness (QED) is 0.0750. The third-order valence-electron chi connectivity index (χ3n) is 5.47. The van der Waals surface area contributed by atoms with E-state index in [-0.39, 0.29) is 78.5 Å². The van der Waals surface area contributed by atoms with E-state index in [1.807, 2.05) is 0 Å². The van der Waals surface area contributed by atoms with E-state index < -0.39 is 35.8 Å². The standard InChI is InChI=1S/C28H54O14/c1-11-33-25(31-9,34-12-2)27(37-15-5,38-16-6)41-23(29)21-19-20-22-24(30)42-28(39-17-7,40-18-8)26(32-10,35-13-3)36-14-4/h11-22H2,1-10H3. The summed E-state index contributed by atoms with van der Waals surface area (Å²) in [6, 6.07) is 0. The summed E-state index contributed by atoms with van der Waals surface area (Å²) in [5.41, 5.74) is 0. The zero-order chi connectivity index (χ0) is 32.1. The van der Waals surface area contributed by atoms with Crippen molar-refractivity contribution < 1.29 is 66.4 Å². The molecule has 0 unspecified atom stereocenters. The number of hydrogen-bond acceptors (Lipinski definition) is 14. The molecule has 0 fully saturated rings. The van der Waals surface area contributed by atoms with Crippen LogP contribution in [0.15, 0.2) is 0 Å². The first-order valence-electron chi connectivity index (χ1n) is 14.8. The van der Waals surface area contributed by atoms with E-state index in [0.717, 1.165) is 0 Å². The smallest absolute Gasteiger partial charge is 0.401 e. The van der Waals surface area contributed by atoms with Gasteiger partial charge in [0.15, 0.2) is 0 Å². The molecule has 0 aromatic heterocycles. The fourth-order valence-electron chi connectivity index (χ4n) is 4.06. The highest BCUT2D eigenvalue weighted by Gasteiger charge is 2.63.